The van der Waals surface area contributed by atoms with E-state index in [-0.39, 0.29) is 24.4 Å². The number of carbonyl (C=O) groups is 1. The molecule has 3 N–H and O–H groups in total. The van der Waals surface area contributed by atoms with Gasteiger partial charge in [0.25, 0.3) is 5.91 Å². The first kappa shape index (κ1) is 20.0. The average molecular weight is 342 g/mol. The van der Waals surface area contributed by atoms with E-state index in [2.05, 4.69) is 11.4 Å². The van der Waals surface area contributed by atoms with Gasteiger partial charge in [-0.25, -0.2) is 0 Å². The van der Waals surface area contributed by atoms with Crippen molar-refractivity contribution >= 4 is 5.91 Å². The van der Waals surface area contributed by atoms with Crippen molar-refractivity contribution in [1.82, 2.24) is 5.32 Å². The molecule has 132 valence electrons. The normalized spacial score (nSPS) is 15.5. The van der Waals surface area contributed by atoms with Gasteiger partial charge in [-0.2, -0.15) is 18.4 Å². The third-order valence-corrected chi connectivity index (χ3v) is 4.18. The molecule has 1 aromatic carbocycles. The third-order valence-electron chi connectivity index (χ3n) is 4.18. The molecule has 0 saturated carbocycles. The molecule has 0 bridgehead atoms. The van der Waals surface area contributed by atoms with Crippen LogP contribution in [0.3, 0.4) is 0 Å². The number of nitriles is 1. The number of benzene rings is 1. The predicted octanol–water partition coefficient (Wildman–Crippen LogP) is 2.38. The maximum Gasteiger partial charge on any atom is 0.416 e. The number of amides is 1. The SMILES string of the molecule is CC(C)[C@](C)(C#N)NC(=O)C[NH2+][C@@H](C)c1cccc(C(F)(F)F)c1. The molecule has 0 heterocycles. The second-order valence-electron chi connectivity index (χ2n) is 6.37. The molecule has 0 aliphatic carbocycles. The molecule has 1 aromatic rings. The molecule has 0 aromatic heterocycles. The third kappa shape index (κ3) is 5.24. The van der Waals surface area contributed by atoms with Gasteiger partial charge in [0.15, 0.2) is 6.54 Å². The Bertz CT molecular complexity index is 622. The predicted molar refractivity (Wildman–Crippen MR) is 83.7 cm³/mol. The minimum atomic E-state index is -4.39. The summed E-state index contributed by atoms with van der Waals surface area (Å²) >= 11 is 0. The number of nitrogens with one attached hydrogen (secondary N) is 1. The fourth-order valence-corrected chi connectivity index (χ4v) is 2.06. The minimum absolute atomic E-state index is 0.0292. The Morgan fingerprint density at radius 1 is 1.33 bits per heavy atom. The van der Waals surface area contributed by atoms with Crippen molar-refractivity contribution in [2.24, 2.45) is 5.92 Å². The standard InChI is InChI=1S/C17H22F3N3O/c1-11(2)16(4,10-21)23-15(24)9-22-12(3)13-6-5-7-14(8-13)17(18,19)20/h5-8,11-12,22H,9H2,1-4H3,(H,23,24)/p+1/t12-,16-/m0/s1. The maximum absolute atomic E-state index is 12.7. The van der Waals surface area contributed by atoms with Crippen LogP contribution in [-0.4, -0.2) is 18.0 Å². The second-order valence-corrected chi connectivity index (χ2v) is 6.37. The van der Waals surface area contributed by atoms with Gasteiger partial charge in [0.2, 0.25) is 0 Å². The molecule has 1 amide bonds. The molecular formula is C17H23F3N3O+. The van der Waals surface area contributed by atoms with E-state index in [1.165, 1.54) is 6.07 Å². The number of halogens is 3. The van der Waals surface area contributed by atoms with Crippen molar-refractivity contribution in [3.63, 3.8) is 0 Å². The molecule has 2 atom stereocenters. The average Bonchev–Trinajstić information content (AvgIpc) is 2.51. The summed E-state index contributed by atoms with van der Waals surface area (Å²) in [4.78, 5) is 12.0. The monoisotopic (exact) mass is 342 g/mol. The highest BCUT2D eigenvalue weighted by Crippen LogP contribution is 2.30. The van der Waals surface area contributed by atoms with Crippen molar-refractivity contribution in [2.45, 2.75) is 45.5 Å². The molecule has 24 heavy (non-hydrogen) atoms. The number of alkyl halides is 3. The number of nitrogens with zero attached hydrogens (tertiary/aromatic N) is 1. The molecule has 0 fully saturated rings. The molecule has 1 rings (SSSR count). The zero-order valence-electron chi connectivity index (χ0n) is 14.2. The van der Waals surface area contributed by atoms with E-state index in [0.717, 1.165) is 12.1 Å². The molecule has 0 radical (unpaired) electrons. The van der Waals surface area contributed by atoms with E-state index >= 15 is 0 Å². The topological polar surface area (TPSA) is 69.5 Å². The first-order chi connectivity index (χ1) is 11.0. The smallest absolute Gasteiger partial charge is 0.333 e. The summed E-state index contributed by atoms with van der Waals surface area (Å²) in [6, 6.07) is 6.83. The van der Waals surface area contributed by atoms with Gasteiger partial charge in [-0.3, -0.25) is 4.79 Å². The van der Waals surface area contributed by atoms with Crippen LogP contribution in [0, 0.1) is 17.2 Å². The molecule has 0 saturated heterocycles. The molecule has 0 aliphatic heterocycles. The first-order valence-electron chi connectivity index (χ1n) is 7.72. The van der Waals surface area contributed by atoms with E-state index in [4.69, 9.17) is 0 Å². The van der Waals surface area contributed by atoms with E-state index < -0.39 is 17.3 Å². The van der Waals surface area contributed by atoms with Crippen LogP contribution in [0.15, 0.2) is 24.3 Å². The molecule has 0 aliphatic rings. The lowest BCUT2D eigenvalue weighted by molar-refractivity contribution is -0.682. The zero-order chi connectivity index (χ0) is 18.5. The van der Waals surface area contributed by atoms with Gasteiger partial charge < -0.3 is 10.6 Å². The summed E-state index contributed by atoms with van der Waals surface area (Å²) in [5.41, 5.74) is -1.18. The number of rotatable bonds is 6. The summed E-state index contributed by atoms with van der Waals surface area (Å²) in [5, 5.41) is 13.5. The van der Waals surface area contributed by atoms with E-state index in [1.807, 2.05) is 13.8 Å². The Balaban J connectivity index is 2.68. The fraction of sp³-hybridized carbons (Fsp3) is 0.529. The van der Waals surface area contributed by atoms with Gasteiger partial charge in [-0.15, -0.1) is 0 Å². The van der Waals surface area contributed by atoms with Crippen LogP contribution >= 0.6 is 0 Å². The minimum Gasteiger partial charge on any atom is -0.333 e. The first-order valence-corrected chi connectivity index (χ1v) is 7.72. The van der Waals surface area contributed by atoms with Gasteiger partial charge in [0.05, 0.1) is 11.6 Å². The lowest BCUT2D eigenvalue weighted by Crippen LogP contribution is -2.87. The highest BCUT2D eigenvalue weighted by Gasteiger charge is 2.32. The van der Waals surface area contributed by atoms with Crippen molar-refractivity contribution in [3.05, 3.63) is 35.4 Å². The number of nitrogens with two attached hydrogens (primary N) is 1. The lowest BCUT2D eigenvalue weighted by Gasteiger charge is -2.27. The number of quaternary nitrogens is 1. The van der Waals surface area contributed by atoms with Gasteiger partial charge in [0, 0.05) is 5.56 Å². The van der Waals surface area contributed by atoms with Crippen molar-refractivity contribution in [3.8, 4) is 6.07 Å². The van der Waals surface area contributed by atoms with Gasteiger partial charge in [-0.05, 0) is 31.9 Å². The van der Waals surface area contributed by atoms with Crippen LogP contribution < -0.4 is 10.6 Å². The van der Waals surface area contributed by atoms with Crippen LogP contribution in [-0.2, 0) is 11.0 Å². The Morgan fingerprint density at radius 2 is 1.96 bits per heavy atom. The number of hydrogen-bond acceptors (Lipinski definition) is 2. The Labute approximate surface area is 140 Å². The molecular weight excluding hydrogens is 319 g/mol. The Kier molecular flexibility index (Phi) is 6.38. The fourth-order valence-electron chi connectivity index (χ4n) is 2.06. The van der Waals surface area contributed by atoms with Crippen LogP contribution in [0.2, 0.25) is 0 Å². The Hall–Kier alpha value is -2.07. The van der Waals surface area contributed by atoms with Crippen LogP contribution in [0.5, 0.6) is 0 Å². The maximum atomic E-state index is 12.7. The highest BCUT2D eigenvalue weighted by molar-refractivity contribution is 5.78. The van der Waals surface area contributed by atoms with E-state index in [9.17, 15) is 23.2 Å². The highest BCUT2D eigenvalue weighted by atomic mass is 19.4. The van der Waals surface area contributed by atoms with Crippen LogP contribution in [0.25, 0.3) is 0 Å². The molecule has 0 spiro atoms. The number of hydrogen-bond donors (Lipinski definition) is 2. The summed E-state index contributed by atoms with van der Waals surface area (Å²) in [7, 11) is 0. The van der Waals surface area contributed by atoms with E-state index in [0.29, 0.717) is 5.56 Å². The molecule has 7 heteroatoms. The summed E-state index contributed by atoms with van der Waals surface area (Å²) in [5.74, 6) is -0.390. The van der Waals surface area contributed by atoms with Crippen LogP contribution in [0.1, 0.15) is 44.9 Å². The second kappa shape index (κ2) is 7.67. The molecule has 4 nitrogen and oxygen atoms in total. The van der Waals surface area contributed by atoms with Crippen molar-refractivity contribution in [2.75, 3.05) is 6.54 Å². The summed E-state index contributed by atoms with van der Waals surface area (Å²) in [6.07, 6.45) is -4.39. The quantitative estimate of drug-likeness (QED) is 0.833. The number of carbonyl (C=O) groups excluding carboxylic acids is 1. The largest absolute Gasteiger partial charge is 0.416 e. The summed E-state index contributed by atoms with van der Waals surface area (Å²) < 4.78 is 38.2. The van der Waals surface area contributed by atoms with E-state index in [1.54, 1.807) is 25.2 Å². The van der Waals surface area contributed by atoms with Crippen molar-refractivity contribution < 1.29 is 23.3 Å². The zero-order valence-corrected chi connectivity index (χ0v) is 14.2. The Morgan fingerprint density at radius 3 is 2.46 bits per heavy atom. The van der Waals surface area contributed by atoms with Gasteiger partial charge in [0.1, 0.15) is 11.6 Å². The lowest BCUT2D eigenvalue weighted by atomic mass is 9.90. The van der Waals surface area contributed by atoms with Gasteiger partial charge >= 0.3 is 6.18 Å². The molecule has 0 unspecified atom stereocenters. The van der Waals surface area contributed by atoms with Gasteiger partial charge in [-0.1, -0.05) is 26.0 Å². The van der Waals surface area contributed by atoms with Crippen LogP contribution in [0.4, 0.5) is 13.2 Å². The summed E-state index contributed by atoms with van der Waals surface area (Å²) in [6.45, 7) is 7.07. The van der Waals surface area contributed by atoms with Crippen molar-refractivity contribution in [1.29, 1.82) is 5.26 Å².